The summed E-state index contributed by atoms with van der Waals surface area (Å²) in [6.07, 6.45) is 0. The second-order valence-corrected chi connectivity index (χ2v) is 4.31. The van der Waals surface area contributed by atoms with Crippen molar-refractivity contribution >= 4 is 36.5 Å². The molecule has 2 aromatic carbocycles. The average molecular weight is 271 g/mol. The molecule has 0 aromatic heterocycles. The first-order valence-electron chi connectivity index (χ1n) is 5.35. The molecule has 0 saturated carbocycles. The van der Waals surface area contributed by atoms with Crippen molar-refractivity contribution in [1.29, 1.82) is 0 Å². The fourth-order valence-corrected chi connectivity index (χ4v) is 2.13. The van der Waals surface area contributed by atoms with Crippen LogP contribution in [0.2, 0.25) is 0 Å². The summed E-state index contributed by atoms with van der Waals surface area (Å²) in [5.74, 6) is 0. The van der Waals surface area contributed by atoms with Crippen molar-refractivity contribution in [2.75, 3.05) is 4.90 Å². The van der Waals surface area contributed by atoms with E-state index in [1.807, 2.05) is 65.6 Å². The number of para-hydroxylation sites is 2. The zero-order valence-electron chi connectivity index (χ0n) is 9.48. The van der Waals surface area contributed by atoms with Crippen LogP contribution < -0.4 is 4.90 Å². The van der Waals surface area contributed by atoms with Crippen molar-refractivity contribution < 1.29 is 4.57 Å². The molecule has 0 fully saturated rings. The molecule has 0 aliphatic rings. The van der Waals surface area contributed by atoms with Gasteiger partial charge in [-0.25, -0.2) is 0 Å². The predicted molar refractivity (Wildman–Crippen MR) is 79.1 cm³/mol. The number of nitrogens with zero attached hydrogens (tertiary/aromatic N) is 1. The average Bonchev–Trinajstić information content (AvgIpc) is 2.42. The molecule has 2 nitrogen and oxygen atoms in total. The summed E-state index contributed by atoms with van der Waals surface area (Å²) in [6, 6.07) is 19.4. The quantitative estimate of drug-likeness (QED) is 0.596. The van der Waals surface area contributed by atoms with Crippen molar-refractivity contribution in [2.24, 2.45) is 0 Å². The van der Waals surface area contributed by atoms with E-state index in [-0.39, 0.29) is 7.92 Å². The van der Waals surface area contributed by atoms with E-state index in [2.05, 4.69) is 5.63 Å². The van der Waals surface area contributed by atoms with Crippen molar-refractivity contribution in [1.82, 2.24) is 0 Å². The molecule has 0 aliphatic carbocycles. The minimum absolute atomic E-state index is 0.209. The van der Waals surface area contributed by atoms with Crippen molar-refractivity contribution in [2.45, 2.75) is 0 Å². The van der Waals surface area contributed by atoms with Gasteiger partial charge in [0.2, 0.25) is 0 Å². The van der Waals surface area contributed by atoms with Crippen LogP contribution in [0.15, 0.2) is 60.7 Å². The Hall–Kier alpha value is -1.66. The van der Waals surface area contributed by atoms with Gasteiger partial charge in [0.1, 0.15) is 0 Å². The summed E-state index contributed by atoms with van der Waals surface area (Å²) in [7, 11) is -0.209. The van der Waals surface area contributed by atoms with E-state index in [1.54, 1.807) is 0 Å². The van der Waals surface area contributed by atoms with E-state index in [9.17, 15) is 4.57 Å². The van der Waals surface area contributed by atoms with Gasteiger partial charge in [0.25, 0.3) is 0 Å². The van der Waals surface area contributed by atoms with E-state index >= 15 is 0 Å². The van der Waals surface area contributed by atoms with Crippen LogP contribution in [0.5, 0.6) is 0 Å². The molecular weight excluding hydrogens is 261 g/mol. The Labute approximate surface area is 112 Å². The Bertz CT molecular complexity index is 597. The molecular formula is C14H10NOPS. The first-order valence-corrected chi connectivity index (χ1v) is 6.57. The normalized spacial score (nSPS) is 9.33. The predicted octanol–water partition coefficient (Wildman–Crippen LogP) is 4.40. The fourth-order valence-electron chi connectivity index (χ4n) is 1.63. The van der Waals surface area contributed by atoms with Gasteiger partial charge in [-0.15, -0.1) is 0 Å². The zero-order chi connectivity index (χ0) is 12.8. The van der Waals surface area contributed by atoms with Crippen LogP contribution in [-0.4, -0.2) is 4.99 Å². The van der Waals surface area contributed by atoms with Crippen molar-refractivity contribution in [3.05, 3.63) is 60.7 Å². The summed E-state index contributed by atoms with van der Waals surface area (Å²) in [6.45, 7) is 0. The molecule has 0 spiro atoms. The van der Waals surface area contributed by atoms with Crippen LogP contribution in [0.4, 0.5) is 11.4 Å². The third-order valence-corrected chi connectivity index (χ3v) is 3.11. The molecule has 0 heterocycles. The number of rotatable bonds is 2. The van der Waals surface area contributed by atoms with E-state index in [0.29, 0.717) is 4.99 Å². The Morgan fingerprint density at radius 2 is 1.39 bits per heavy atom. The SMILES string of the molecule is O=P#CC(=S)N(c1ccccc1)c1ccccc1. The molecule has 0 saturated heterocycles. The third kappa shape index (κ3) is 2.96. The molecule has 0 N–H and O–H groups in total. The summed E-state index contributed by atoms with van der Waals surface area (Å²) in [5.41, 5.74) is 4.46. The Kier molecular flexibility index (Phi) is 4.49. The van der Waals surface area contributed by atoms with Gasteiger partial charge in [-0.1, -0.05) is 0 Å². The van der Waals surface area contributed by atoms with Crippen LogP contribution in [0.1, 0.15) is 0 Å². The van der Waals surface area contributed by atoms with Gasteiger partial charge in [0.05, 0.1) is 0 Å². The maximum absolute atomic E-state index is 10.7. The molecule has 0 radical (unpaired) electrons. The van der Waals surface area contributed by atoms with Crippen molar-refractivity contribution in [3.8, 4) is 5.63 Å². The van der Waals surface area contributed by atoms with Gasteiger partial charge in [0, 0.05) is 0 Å². The van der Waals surface area contributed by atoms with Crippen LogP contribution >= 0.6 is 20.1 Å². The Morgan fingerprint density at radius 3 is 1.78 bits per heavy atom. The molecule has 0 unspecified atom stereocenters. The molecule has 0 bridgehead atoms. The van der Waals surface area contributed by atoms with Gasteiger partial charge in [-0.2, -0.15) is 0 Å². The third-order valence-electron chi connectivity index (χ3n) is 2.37. The van der Waals surface area contributed by atoms with Gasteiger partial charge in [-0.3, -0.25) is 0 Å². The molecule has 0 aliphatic heterocycles. The summed E-state index contributed by atoms with van der Waals surface area (Å²) in [4.78, 5) is 2.23. The molecule has 0 amide bonds. The fraction of sp³-hybridized carbons (Fsp3) is 0. The number of hydrogen-bond donors (Lipinski definition) is 0. The molecule has 88 valence electrons. The monoisotopic (exact) mass is 271 g/mol. The van der Waals surface area contributed by atoms with Gasteiger partial charge >= 0.3 is 112 Å². The maximum atomic E-state index is 10.7. The summed E-state index contributed by atoms with van der Waals surface area (Å²) >= 11 is 5.25. The molecule has 2 rings (SSSR count). The van der Waals surface area contributed by atoms with Gasteiger partial charge in [-0.05, 0) is 0 Å². The Balaban J connectivity index is 2.50. The molecule has 18 heavy (non-hydrogen) atoms. The van der Waals surface area contributed by atoms with Crippen LogP contribution in [0, 0.1) is 5.63 Å². The van der Waals surface area contributed by atoms with E-state index in [0.717, 1.165) is 11.4 Å². The van der Waals surface area contributed by atoms with Gasteiger partial charge in [0.15, 0.2) is 0 Å². The standard InChI is InChI=1S/C14H10NOPS/c16-17-11-14(18)15(12-7-3-1-4-8-12)13-9-5-2-6-10-13/h1-10H. The number of benzene rings is 2. The molecule has 2 aromatic rings. The zero-order valence-corrected chi connectivity index (χ0v) is 11.2. The summed E-state index contributed by atoms with van der Waals surface area (Å²) in [5, 5.41) is 0. The first kappa shape index (κ1) is 12.8. The Morgan fingerprint density at radius 1 is 0.944 bits per heavy atom. The van der Waals surface area contributed by atoms with Crippen LogP contribution in [-0.2, 0) is 4.57 Å². The molecule has 0 atom stereocenters. The number of hydrogen-bond acceptors (Lipinski definition) is 2. The molecule has 4 heteroatoms. The van der Waals surface area contributed by atoms with Crippen LogP contribution in [0.25, 0.3) is 0 Å². The number of thiocarbonyl (C=S) groups is 1. The topological polar surface area (TPSA) is 20.3 Å². The second-order valence-electron chi connectivity index (χ2n) is 3.51. The van der Waals surface area contributed by atoms with E-state index < -0.39 is 0 Å². The van der Waals surface area contributed by atoms with E-state index in [1.165, 1.54) is 0 Å². The first-order chi connectivity index (χ1) is 8.83. The minimum atomic E-state index is -0.209. The van der Waals surface area contributed by atoms with E-state index in [4.69, 9.17) is 12.2 Å². The summed E-state index contributed by atoms with van der Waals surface area (Å²) < 4.78 is 10.7. The van der Waals surface area contributed by atoms with Gasteiger partial charge < -0.3 is 0 Å². The van der Waals surface area contributed by atoms with Crippen LogP contribution in [0.3, 0.4) is 0 Å². The van der Waals surface area contributed by atoms with Crippen molar-refractivity contribution in [3.63, 3.8) is 0 Å². The number of anilines is 2. The second kappa shape index (κ2) is 6.32.